The average molecular weight is 192 g/mol. The normalized spacial score (nSPS) is 9.31. The summed E-state index contributed by atoms with van der Waals surface area (Å²) in [4.78, 5) is 2.06. The largest absolute Gasteiger partial charge is 0.377 e. The number of rotatable bonds is 3. The van der Waals surface area contributed by atoms with Gasteiger partial charge in [0, 0.05) is 25.5 Å². The highest BCUT2D eigenvalue weighted by Crippen LogP contribution is 2.22. The molecule has 0 saturated carbocycles. The predicted octanol–water partition coefficient (Wildman–Crippen LogP) is 2.47. The van der Waals surface area contributed by atoms with E-state index in [4.69, 9.17) is 5.26 Å². The van der Waals surface area contributed by atoms with Gasteiger partial charge in [-0.1, -0.05) is 18.2 Å². The molecule has 0 atom stereocenters. The lowest BCUT2D eigenvalue weighted by Crippen LogP contribution is -2.10. The van der Waals surface area contributed by atoms with E-state index in [1.165, 1.54) is 23.0 Å². The first-order valence-corrected chi connectivity index (χ1v) is 5.00. The first kappa shape index (κ1) is 9.94. The molecule has 1 aromatic carbocycles. The zero-order chi connectivity index (χ0) is 9.68. The van der Waals surface area contributed by atoms with Crippen molar-refractivity contribution in [1.82, 2.24) is 0 Å². The zero-order valence-corrected chi connectivity index (χ0v) is 8.64. The zero-order valence-electron chi connectivity index (χ0n) is 7.82. The van der Waals surface area contributed by atoms with Crippen molar-refractivity contribution in [2.24, 2.45) is 0 Å². The van der Waals surface area contributed by atoms with Gasteiger partial charge in [-0.05, 0) is 23.4 Å². The molecule has 0 radical (unpaired) electrons. The van der Waals surface area contributed by atoms with Crippen LogP contribution in [0.5, 0.6) is 0 Å². The van der Waals surface area contributed by atoms with Crippen LogP contribution in [0.2, 0.25) is 0 Å². The second kappa shape index (κ2) is 4.78. The molecule has 0 aliphatic rings. The van der Waals surface area contributed by atoms with Gasteiger partial charge in [-0.15, -0.1) is 0 Å². The number of thiocyanates is 1. The second-order valence-electron chi connectivity index (χ2n) is 2.90. The Morgan fingerprint density at radius 2 is 2.08 bits per heavy atom. The van der Waals surface area contributed by atoms with Crippen LogP contribution in [0.1, 0.15) is 5.56 Å². The maximum Gasteiger partial charge on any atom is 0.133 e. The van der Waals surface area contributed by atoms with Gasteiger partial charge < -0.3 is 4.90 Å². The van der Waals surface area contributed by atoms with Crippen molar-refractivity contribution < 1.29 is 0 Å². The maximum atomic E-state index is 8.46. The third-order valence-electron chi connectivity index (χ3n) is 1.77. The Morgan fingerprint density at radius 3 is 2.69 bits per heavy atom. The van der Waals surface area contributed by atoms with E-state index >= 15 is 0 Å². The number of para-hydroxylation sites is 1. The predicted molar refractivity (Wildman–Crippen MR) is 57.7 cm³/mol. The van der Waals surface area contributed by atoms with E-state index in [1.54, 1.807) is 0 Å². The minimum atomic E-state index is 0.755. The van der Waals surface area contributed by atoms with E-state index < -0.39 is 0 Å². The van der Waals surface area contributed by atoms with E-state index in [1.807, 2.05) is 26.2 Å². The summed E-state index contributed by atoms with van der Waals surface area (Å²) in [6.45, 7) is 0. The Balaban J connectivity index is 2.86. The van der Waals surface area contributed by atoms with Crippen molar-refractivity contribution >= 4 is 17.4 Å². The molecule has 2 nitrogen and oxygen atoms in total. The topological polar surface area (TPSA) is 27.0 Å². The number of benzene rings is 1. The lowest BCUT2D eigenvalue weighted by Gasteiger charge is -2.16. The van der Waals surface area contributed by atoms with Crippen LogP contribution in [0.25, 0.3) is 0 Å². The van der Waals surface area contributed by atoms with E-state index in [0.717, 1.165) is 5.75 Å². The van der Waals surface area contributed by atoms with Crippen molar-refractivity contribution in [3.63, 3.8) is 0 Å². The number of nitriles is 1. The summed E-state index contributed by atoms with van der Waals surface area (Å²) >= 11 is 1.27. The SMILES string of the molecule is CN(C)c1ccccc1CSC#N. The van der Waals surface area contributed by atoms with Crippen LogP contribution in [-0.4, -0.2) is 14.1 Å². The molecule has 13 heavy (non-hydrogen) atoms. The molecule has 0 unspecified atom stereocenters. The standard InChI is InChI=1S/C10H12N2S/c1-12(2)10-6-4-3-5-9(10)7-13-8-11/h3-6H,7H2,1-2H3. The molecule has 0 aromatic heterocycles. The summed E-state index contributed by atoms with van der Waals surface area (Å²) < 4.78 is 0. The van der Waals surface area contributed by atoms with E-state index in [-0.39, 0.29) is 0 Å². The molecule has 1 aromatic rings. The van der Waals surface area contributed by atoms with Crippen LogP contribution in [0, 0.1) is 10.7 Å². The molecule has 1 rings (SSSR count). The van der Waals surface area contributed by atoms with Gasteiger partial charge in [0.05, 0.1) is 0 Å². The molecule has 0 spiro atoms. The number of hydrogen-bond donors (Lipinski definition) is 0. The fraction of sp³-hybridized carbons (Fsp3) is 0.300. The monoisotopic (exact) mass is 192 g/mol. The highest BCUT2D eigenvalue weighted by atomic mass is 32.2. The lowest BCUT2D eigenvalue weighted by molar-refractivity contribution is 1.11. The van der Waals surface area contributed by atoms with E-state index in [2.05, 4.69) is 22.4 Å². The Bertz CT molecular complexity index is 315. The minimum Gasteiger partial charge on any atom is -0.377 e. The van der Waals surface area contributed by atoms with Gasteiger partial charge in [0.15, 0.2) is 0 Å². The molecule has 68 valence electrons. The molecule has 3 heteroatoms. The van der Waals surface area contributed by atoms with Gasteiger partial charge in [0.2, 0.25) is 0 Å². The van der Waals surface area contributed by atoms with Gasteiger partial charge in [0.25, 0.3) is 0 Å². The summed E-state index contributed by atoms with van der Waals surface area (Å²) in [5.74, 6) is 0.755. The lowest BCUT2D eigenvalue weighted by atomic mass is 10.2. The van der Waals surface area contributed by atoms with Crippen LogP contribution in [-0.2, 0) is 5.75 Å². The van der Waals surface area contributed by atoms with Crippen molar-refractivity contribution in [3.8, 4) is 5.40 Å². The average Bonchev–Trinajstić information content (AvgIpc) is 2.15. The van der Waals surface area contributed by atoms with Crippen molar-refractivity contribution in [1.29, 1.82) is 5.26 Å². The Labute approximate surface area is 83.2 Å². The molecular weight excluding hydrogens is 180 g/mol. The summed E-state index contributed by atoms with van der Waals surface area (Å²) in [5, 5.41) is 10.5. The van der Waals surface area contributed by atoms with E-state index in [9.17, 15) is 0 Å². The van der Waals surface area contributed by atoms with Gasteiger partial charge in [-0.2, -0.15) is 5.26 Å². The fourth-order valence-corrected chi connectivity index (χ4v) is 1.64. The molecule has 0 heterocycles. The van der Waals surface area contributed by atoms with Gasteiger partial charge in [-0.3, -0.25) is 0 Å². The van der Waals surface area contributed by atoms with Crippen LogP contribution in [0.15, 0.2) is 24.3 Å². The van der Waals surface area contributed by atoms with Crippen LogP contribution in [0.3, 0.4) is 0 Å². The smallest absolute Gasteiger partial charge is 0.133 e. The van der Waals surface area contributed by atoms with Crippen molar-refractivity contribution in [2.75, 3.05) is 19.0 Å². The quantitative estimate of drug-likeness (QED) is 0.688. The first-order chi connectivity index (χ1) is 6.25. The summed E-state index contributed by atoms with van der Waals surface area (Å²) in [7, 11) is 4.02. The Hall–Kier alpha value is -1.14. The van der Waals surface area contributed by atoms with Crippen LogP contribution in [0.4, 0.5) is 5.69 Å². The Morgan fingerprint density at radius 1 is 1.38 bits per heavy atom. The second-order valence-corrected chi connectivity index (χ2v) is 3.66. The van der Waals surface area contributed by atoms with Crippen molar-refractivity contribution in [3.05, 3.63) is 29.8 Å². The molecule has 0 fully saturated rings. The van der Waals surface area contributed by atoms with Gasteiger partial charge in [-0.25, -0.2) is 0 Å². The summed E-state index contributed by atoms with van der Waals surface area (Å²) in [5.41, 5.74) is 2.39. The molecule has 0 aliphatic heterocycles. The molecule has 0 bridgehead atoms. The number of thioether (sulfide) groups is 1. The molecule has 0 saturated heterocycles. The maximum absolute atomic E-state index is 8.46. The van der Waals surface area contributed by atoms with Gasteiger partial charge in [0.1, 0.15) is 5.40 Å². The third kappa shape index (κ3) is 2.67. The van der Waals surface area contributed by atoms with E-state index in [0.29, 0.717) is 0 Å². The third-order valence-corrected chi connectivity index (χ3v) is 2.35. The minimum absolute atomic E-state index is 0.755. The first-order valence-electron chi connectivity index (χ1n) is 4.02. The molecule has 0 N–H and O–H groups in total. The number of anilines is 1. The summed E-state index contributed by atoms with van der Waals surface area (Å²) in [6, 6.07) is 8.13. The Kier molecular flexibility index (Phi) is 3.66. The number of nitrogens with zero attached hydrogens (tertiary/aromatic N) is 2. The highest BCUT2D eigenvalue weighted by molar-refractivity contribution is 8.02. The fourth-order valence-electron chi connectivity index (χ4n) is 1.18. The molecule has 0 aliphatic carbocycles. The molecule has 0 amide bonds. The van der Waals surface area contributed by atoms with Gasteiger partial charge >= 0.3 is 0 Å². The van der Waals surface area contributed by atoms with Crippen LogP contribution >= 0.6 is 11.8 Å². The van der Waals surface area contributed by atoms with Crippen molar-refractivity contribution in [2.45, 2.75) is 5.75 Å². The number of hydrogen-bond acceptors (Lipinski definition) is 3. The summed E-state index contributed by atoms with van der Waals surface area (Å²) in [6.07, 6.45) is 0. The molecular formula is C10H12N2S. The highest BCUT2D eigenvalue weighted by Gasteiger charge is 2.02. The van der Waals surface area contributed by atoms with Crippen LogP contribution < -0.4 is 4.90 Å².